The van der Waals surface area contributed by atoms with Crippen LogP contribution in [0.5, 0.6) is 0 Å². The van der Waals surface area contributed by atoms with Crippen LogP contribution in [0.4, 0.5) is 15.8 Å². The summed E-state index contributed by atoms with van der Waals surface area (Å²) in [7, 11) is 0. The van der Waals surface area contributed by atoms with Crippen LogP contribution in [0, 0.1) is 18.7 Å². The Morgan fingerprint density at radius 3 is 2.44 bits per heavy atom. The van der Waals surface area contributed by atoms with Crippen molar-refractivity contribution in [2.45, 2.75) is 24.4 Å². The summed E-state index contributed by atoms with van der Waals surface area (Å²) in [5.74, 6) is -3.28. The van der Waals surface area contributed by atoms with Crippen molar-refractivity contribution >= 4 is 46.5 Å². The lowest BCUT2D eigenvalue weighted by atomic mass is 9.64. The van der Waals surface area contributed by atoms with E-state index in [9.17, 15) is 14.4 Å². The highest BCUT2D eigenvalue weighted by atomic mass is 35.5. The molecule has 0 radical (unpaired) electrons. The Morgan fingerprint density at radius 2 is 1.66 bits per heavy atom. The topological polar surface area (TPSA) is 66.5 Å². The predicted octanol–water partition coefficient (Wildman–Crippen LogP) is 6.64. The molecule has 1 fully saturated rings. The van der Waals surface area contributed by atoms with Crippen molar-refractivity contribution in [1.82, 2.24) is 0 Å². The Labute approximate surface area is 241 Å². The van der Waals surface area contributed by atoms with Gasteiger partial charge >= 0.3 is 0 Å². The molecule has 4 aromatic rings. The van der Waals surface area contributed by atoms with E-state index < -0.39 is 40.9 Å². The van der Waals surface area contributed by atoms with E-state index in [1.807, 2.05) is 60.4 Å². The summed E-state index contributed by atoms with van der Waals surface area (Å²) in [5.41, 5.74) is 2.51. The Hall–Kier alpha value is -4.55. The van der Waals surface area contributed by atoms with Crippen molar-refractivity contribution in [3.8, 4) is 0 Å². The van der Waals surface area contributed by atoms with Crippen molar-refractivity contribution in [3.05, 3.63) is 136 Å². The molecule has 0 aliphatic carbocycles. The second-order valence-electron chi connectivity index (χ2n) is 10.8. The highest BCUT2D eigenvalue weighted by Crippen LogP contribution is 2.58. The quantitative estimate of drug-likeness (QED) is 0.283. The highest BCUT2D eigenvalue weighted by molar-refractivity contribution is 6.30. The fraction of sp³-hybridized carbons (Fsp3) is 0.147. The largest absolute Gasteiger partial charge is 0.352 e. The van der Waals surface area contributed by atoms with Gasteiger partial charge in [-0.2, -0.15) is 0 Å². The molecule has 0 aromatic heterocycles. The van der Waals surface area contributed by atoms with E-state index in [-0.39, 0.29) is 11.3 Å². The lowest BCUT2D eigenvalue weighted by Crippen LogP contribution is -2.51. The van der Waals surface area contributed by atoms with Crippen molar-refractivity contribution < 1.29 is 18.8 Å². The summed E-state index contributed by atoms with van der Waals surface area (Å²) in [4.78, 5) is 45.5. The minimum absolute atomic E-state index is 0.157. The smallest absolute Gasteiger partial charge is 0.238 e. The van der Waals surface area contributed by atoms with E-state index in [1.54, 1.807) is 36.4 Å². The SMILES string of the molecule is Cc1ccc2c(c1)C=C[C@@H]1N2[C@H](C(=O)c2ccc(Cl)cc2)[C@H](C(=O)c2ccccc2F)[C@]12C(=O)Nc1ccccc12. The number of nitrogens with zero attached hydrogens (tertiary/aromatic N) is 1. The molecule has 1 saturated heterocycles. The molecule has 4 aromatic carbocycles. The average molecular weight is 563 g/mol. The normalized spacial score (nSPS) is 23.6. The number of anilines is 2. The van der Waals surface area contributed by atoms with Crippen LogP contribution in [0.2, 0.25) is 5.02 Å². The molecule has 0 bridgehead atoms. The number of hydrogen-bond acceptors (Lipinski definition) is 4. The fourth-order valence-corrected chi connectivity index (χ4v) is 7.04. The van der Waals surface area contributed by atoms with Crippen LogP contribution in [0.25, 0.3) is 6.08 Å². The first-order valence-electron chi connectivity index (χ1n) is 13.4. The number of fused-ring (bicyclic) bond motifs is 6. The van der Waals surface area contributed by atoms with Gasteiger partial charge in [-0.1, -0.05) is 65.7 Å². The molecule has 7 heteroatoms. The summed E-state index contributed by atoms with van der Waals surface area (Å²) in [6.07, 6.45) is 3.85. The maximum atomic E-state index is 15.3. The first-order valence-corrected chi connectivity index (χ1v) is 13.8. The average Bonchev–Trinajstić information content (AvgIpc) is 3.45. The van der Waals surface area contributed by atoms with Gasteiger partial charge in [-0.3, -0.25) is 14.4 Å². The number of Topliss-reactive ketones (excluding diaryl/α,β-unsaturated/α-hetero) is 2. The van der Waals surface area contributed by atoms with E-state index in [2.05, 4.69) is 5.32 Å². The van der Waals surface area contributed by atoms with Crippen molar-refractivity contribution in [2.75, 3.05) is 10.2 Å². The summed E-state index contributed by atoms with van der Waals surface area (Å²) in [6, 6.07) is 23.5. The number of amides is 1. The number of ketones is 2. The van der Waals surface area contributed by atoms with E-state index in [0.717, 1.165) is 16.8 Å². The molecule has 3 aliphatic heterocycles. The molecule has 3 heterocycles. The summed E-state index contributed by atoms with van der Waals surface area (Å²) in [5, 5.41) is 3.44. The first-order chi connectivity index (χ1) is 19.8. The number of aryl methyl sites for hydroxylation is 1. The Bertz CT molecular complexity index is 1800. The molecular formula is C34H24ClFN2O3. The van der Waals surface area contributed by atoms with E-state index >= 15 is 4.39 Å². The zero-order valence-electron chi connectivity index (χ0n) is 22.0. The lowest BCUT2D eigenvalue weighted by Gasteiger charge is -2.37. The summed E-state index contributed by atoms with van der Waals surface area (Å²) in [6.45, 7) is 1.98. The van der Waals surface area contributed by atoms with Gasteiger partial charge < -0.3 is 10.2 Å². The molecule has 1 spiro atoms. The predicted molar refractivity (Wildman–Crippen MR) is 157 cm³/mol. The molecule has 5 nitrogen and oxygen atoms in total. The second kappa shape index (κ2) is 9.25. The molecule has 41 heavy (non-hydrogen) atoms. The third-order valence-electron chi connectivity index (χ3n) is 8.61. The number of para-hydroxylation sites is 1. The standard InChI is InChI=1S/C34H24ClFN2O3/c1-19-10-16-27-21(18-19)13-17-28-34(24-7-3-5-9-26(24)37-33(34)41)29(32(40)23-6-2-4-8-25(23)36)30(38(27)28)31(39)20-11-14-22(35)15-12-20/h2-18,28-30H,1H3,(H,37,41)/t28-,29+,30-,34+/m0/s1. The summed E-state index contributed by atoms with van der Waals surface area (Å²) < 4.78 is 15.3. The van der Waals surface area contributed by atoms with Gasteiger partial charge in [0.1, 0.15) is 17.3 Å². The third kappa shape index (κ3) is 3.57. The minimum Gasteiger partial charge on any atom is -0.352 e. The molecule has 1 N–H and O–H groups in total. The Balaban J connectivity index is 1.55. The van der Waals surface area contributed by atoms with Gasteiger partial charge in [0, 0.05) is 22.0 Å². The van der Waals surface area contributed by atoms with Gasteiger partial charge in [-0.15, -0.1) is 0 Å². The Kier molecular flexibility index (Phi) is 5.73. The Morgan fingerprint density at radius 1 is 0.927 bits per heavy atom. The van der Waals surface area contributed by atoms with E-state index in [1.165, 1.54) is 18.2 Å². The molecule has 0 saturated carbocycles. The number of nitrogens with one attached hydrogen (secondary N) is 1. The molecule has 0 unspecified atom stereocenters. The van der Waals surface area contributed by atoms with Crippen LogP contribution >= 0.6 is 11.6 Å². The highest BCUT2D eigenvalue weighted by Gasteiger charge is 2.70. The second-order valence-corrected chi connectivity index (χ2v) is 11.2. The van der Waals surface area contributed by atoms with Crippen LogP contribution < -0.4 is 10.2 Å². The van der Waals surface area contributed by atoms with Gasteiger partial charge in [-0.25, -0.2) is 4.39 Å². The van der Waals surface area contributed by atoms with Crippen LogP contribution in [-0.2, 0) is 10.2 Å². The van der Waals surface area contributed by atoms with Gasteiger partial charge in [0.25, 0.3) is 0 Å². The van der Waals surface area contributed by atoms with Crippen LogP contribution in [0.3, 0.4) is 0 Å². The van der Waals surface area contributed by atoms with Crippen LogP contribution in [0.1, 0.15) is 37.4 Å². The van der Waals surface area contributed by atoms with Crippen LogP contribution in [-0.4, -0.2) is 29.6 Å². The molecular weight excluding hydrogens is 539 g/mol. The monoisotopic (exact) mass is 562 g/mol. The lowest BCUT2D eigenvalue weighted by molar-refractivity contribution is -0.121. The van der Waals surface area contributed by atoms with E-state index in [0.29, 0.717) is 21.8 Å². The molecule has 3 aliphatic rings. The number of hydrogen-bond donors (Lipinski definition) is 1. The van der Waals surface area contributed by atoms with E-state index in [4.69, 9.17) is 11.6 Å². The van der Waals surface area contributed by atoms with Gasteiger partial charge in [0.05, 0.1) is 17.5 Å². The van der Waals surface area contributed by atoms with Gasteiger partial charge in [0.2, 0.25) is 5.91 Å². The van der Waals surface area contributed by atoms with Crippen LogP contribution in [0.15, 0.2) is 97.1 Å². The zero-order valence-corrected chi connectivity index (χ0v) is 22.7. The van der Waals surface area contributed by atoms with Gasteiger partial charge in [-0.05, 0) is 72.6 Å². The van der Waals surface area contributed by atoms with Gasteiger partial charge in [0.15, 0.2) is 11.6 Å². The molecule has 4 atom stereocenters. The van der Waals surface area contributed by atoms with Crippen molar-refractivity contribution in [3.63, 3.8) is 0 Å². The maximum absolute atomic E-state index is 15.3. The molecule has 202 valence electrons. The number of carbonyl (C=O) groups is 3. The fourth-order valence-electron chi connectivity index (χ4n) is 6.91. The number of benzene rings is 4. The maximum Gasteiger partial charge on any atom is 0.238 e. The van der Waals surface area contributed by atoms with Crippen molar-refractivity contribution in [1.29, 1.82) is 0 Å². The number of rotatable bonds is 4. The summed E-state index contributed by atoms with van der Waals surface area (Å²) >= 11 is 6.14. The first kappa shape index (κ1) is 25.4. The molecule has 7 rings (SSSR count). The van der Waals surface area contributed by atoms with Crippen molar-refractivity contribution in [2.24, 2.45) is 5.92 Å². The number of halogens is 2. The third-order valence-corrected chi connectivity index (χ3v) is 8.86. The molecule has 1 amide bonds. The number of carbonyl (C=O) groups excluding carboxylic acids is 3. The zero-order chi connectivity index (χ0) is 28.5. The minimum atomic E-state index is -1.50.